The third-order valence-corrected chi connectivity index (χ3v) is 6.93. The zero-order valence-electron chi connectivity index (χ0n) is 17.7. The molecule has 5 nitrogen and oxygen atoms in total. The average Bonchev–Trinajstić information content (AvgIpc) is 2.71. The number of aryl methyl sites for hydroxylation is 2. The topological polar surface area (TPSA) is 64.6 Å². The van der Waals surface area contributed by atoms with Gasteiger partial charge in [-0.05, 0) is 79.0 Å². The molecular formula is C23H31NO4S. The summed E-state index contributed by atoms with van der Waals surface area (Å²) in [6.07, 6.45) is 4.80. The largest absolute Gasteiger partial charge is 0.497 e. The molecule has 6 heteroatoms. The van der Waals surface area contributed by atoms with Crippen molar-refractivity contribution in [1.29, 1.82) is 0 Å². The molecule has 0 heterocycles. The lowest BCUT2D eigenvalue weighted by atomic mass is 9.92. The Balaban J connectivity index is 1.95. The lowest BCUT2D eigenvalue weighted by Gasteiger charge is -2.23. The highest BCUT2D eigenvalue weighted by atomic mass is 32.2. The van der Waals surface area contributed by atoms with Crippen molar-refractivity contribution in [1.82, 2.24) is 4.72 Å². The van der Waals surface area contributed by atoms with Gasteiger partial charge in [-0.3, -0.25) is 0 Å². The molecule has 0 spiro atoms. The second-order valence-electron chi connectivity index (χ2n) is 8.06. The monoisotopic (exact) mass is 417 g/mol. The van der Waals surface area contributed by atoms with Crippen LogP contribution in [-0.2, 0) is 22.9 Å². The molecule has 2 aromatic rings. The van der Waals surface area contributed by atoms with E-state index in [1.54, 1.807) is 13.2 Å². The fraction of sp³-hybridized carbons (Fsp3) is 0.478. The van der Waals surface area contributed by atoms with Gasteiger partial charge in [-0.25, -0.2) is 13.1 Å². The van der Waals surface area contributed by atoms with Gasteiger partial charge in [-0.2, -0.15) is 0 Å². The molecule has 2 aromatic carbocycles. The van der Waals surface area contributed by atoms with E-state index in [2.05, 4.69) is 18.6 Å². The van der Waals surface area contributed by atoms with Gasteiger partial charge in [0.25, 0.3) is 0 Å². The Morgan fingerprint density at radius 2 is 1.59 bits per heavy atom. The van der Waals surface area contributed by atoms with Crippen molar-refractivity contribution in [2.75, 3.05) is 14.2 Å². The maximum Gasteiger partial charge on any atom is 0.244 e. The highest BCUT2D eigenvalue weighted by molar-refractivity contribution is 7.89. The molecule has 1 atom stereocenters. The van der Waals surface area contributed by atoms with E-state index >= 15 is 0 Å². The summed E-state index contributed by atoms with van der Waals surface area (Å²) in [6.45, 7) is 4.18. The van der Waals surface area contributed by atoms with Crippen LogP contribution in [-0.4, -0.2) is 22.6 Å². The van der Waals surface area contributed by atoms with E-state index in [0.717, 1.165) is 42.6 Å². The van der Waals surface area contributed by atoms with Gasteiger partial charge in [0.1, 0.15) is 16.4 Å². The van der Waals surface area contributed by atoms with Crippen LogP contribution < -0.4 is 14.2 Å². The minimum absolute atomic E-state index is 0.225. The molecule has 158 valence electrons. The quantitative estimate of drug-likeness (QED) is 0.679. The van der Waals surface area contributed by atoms with Gasteiger partial charge in [-0.1, -0.05) is 26.0 Å². The summed E-state index contributed by atoms with van der Waals surface area (Å²) in [5, 5.41) is 0. The first-order chi connectivity index (χ1) is 13.8. The van der Waals surface area contributed by atoms with Gasteiger partial charge in [0, 0.05) is 6.04 Å². The summed E-state index contributed by atoms with van der Waals surface area (Å²) in [7, 11) is -0.608. The van der Waals surface area contributed by atoms with Crippen molar-refractivity contribution in [3.8, 4) is 11.5 Å². The summed E-state index contributed by atoms with van der Waals surface area (Å²) in [5.74, 6) is 1.49. The number of hydrogen-bond donors (Lipinski definition) is 1. The maximum atomic E-state index is 13.4. The Morgan fingerprint density at radius 1 is 0.966 bits per heavy atom. The Morgan fingerprint density at radius 3 is 2.14 bits per heavy atom. The molecule has 0 fully saturated rings. The Bertz CT molecular complexity index is 936. The van der Waals surface area contributed by atoms with Crippen molar-refractivity contribution in [2.24, 2.45) is 5.92 Å². The van der Waals surface area contributed by atoms with Gasteiger partial charge in [0.05, 0.1) is 14.2 Å². The molecule has 0 aromatic heterocycles. The van der Waals surface area contributed by atoms with Crippen LogP contribution >= 0.6 is 0 Å². The molecule has 0 saturated carbocycles. The van der Waals surface area contributed by atoms with E-state index in [9.17, 15) is 8.42 Å². The van der Waals surface area contributed by atoms with E-state index in [0.29, 0.717) is 18.1 Å². The smallest absolute Gasteiger partial charge is 0.244 e. The predicted octanol–water partition coefficient (Wildman–Crippen LogP) is 4.65. The minimum Gasteiger partial charge on any atom is -0.497 e. The number of fused-ring (bicyclic) bond motifs is 1. The van der Waals surface area contributed by atoms with Gasteiger partial charge in [0.15, 0.2) is 0 Å². The molecule has 1 aliphatic carbocycles. The lowest BCUT2D eigenvalue weighted by Crippen LogP contribution is -2.30. The zero-order valence-corrected chi connectivity index (χ0v) is 18.5. The first kappa shape index (κ1) is 21.7. The fourth-order valence-corrected chi connectivity index (χ4v) is 5.36. The molecule has 0 aliphatic heterocycles. The number of nitrogens with one attached hydrogen (secondary N) is 1. The van der Waals surface area contributed by atoms with Crippen LogP contribution in [0.5, 0.6) is 11.5 Å². The predicted molar refractivity (Wildman–Crippen MR) is 115 cm³/mol. The molecule has 0 amide bonds. The molecule has 1 N–H and O–H groups in total. The van der Waals surface area contributed by atoms with Crippen LogP contribution in [0.15, 0.2) is 41.3 Å². The molecule has 1 aliphatic rings. The molecule has 0 saturated heterocycles. The Hall–Kier alpha value is -2.05. The van der Waals surface area contributed by atoms with E-state index in [4.69, 9.17) is 9.47 Å². The van der Waals surface area contributed by atoms with Crippen molar-refractivity contribution in [2.45, 2.75) is 56.9 Å². The van der Waals surface area contributed by atoms with Crippen molar-refractivity contribution >= 4 is 10.0 Å². The van der Waals surface area contributed by atoms with Crippen LogP contribution in [0.3, 0.4) is 0 Å². The number of sulfonamides is 1. The van der Waals surface area contributed by atoms with E-state index in [1.807, 2.05) is 30.3 Å². The lowest BCUT2D eigenvalue weighted by molar-refractivity contribution is 0.399. The zero-order chi connectivity index (χ0) is 21.0. The number of methoxy groups -OCH3 is 2. The Kier molecular flexibility index (Phi) is 6.85. The molecule has 29 heavy (non-hydrogen) atoms. The normalized spacial score (nSPS) is 15.1. The third kappa shape index (κ3) is 5.11. The molecular weight excluding hydrogens is 386 g/mol. The van der Waals surface area contributed by atoms with Crippen molar-refractivity contribution in [3.63, 3.8) is 0 Å². The summed E-state index contributed by atoms with van der Waals surface area (Å²) >= 11 is 0. The number of rotatable bonds is 8. The highest BCUT2D eigenvalue weighted by Crippen LogP contribution is 2.33. The van der Waals surface area contributed by atoms with E-state index < -0.39 is 10.0 Å². The summed E-state index contributed by atoms with van der Waals surface area (Å²) in [6, 6.07) is 10.9. The highest BCUT2D eigenvalue weighted by Gasteiger charge is 2.27. The summed E-state index contributed by atoms with van der Waals surface area (Å²) in [5.41, 5.74) is 3.23. The van der Waals surface area contributed by atoms with Crippen molar-refractivity contribution in [3.05, 3.63) is 53.1 Å². The standard InChI is InChI=1S/C23H31NO4S/c1-16(2)13-21(17-9-11-20(27-3)12-10-17)24-29(25,26)23-15-19-8-6-5-7-18(19)14-22(23)28-4/h9-12,14-16,21,24H,5-8,13H2,1-4H3/t21-/m1/s1. The number of benzene rings is 2. The molecule has 0 unspecified atom stereocenters. The second-order valence-corrected chi connectivity index (χ2v) is 9.74. The van der Waals surface area contributed by atoms with Crippen LogP contribution in [0, 0.1) is 5.92 Å². The third-order valence-electron chi connectivity index (χ3n) is 5.44. The first-order valence-corrected chi connectivity index (χ1v) is 11.7. The van der Waals surface area contributed by atoms with E-state index in [1.165, 1.54) is 12.7 Å². The second kappa shape index (κ2) is 9.18. The van der Waals surface area contributed by atoms with Gasteiger partial charge in [0.2, 0.25) is 10.0 Å². The Labute approximate surface area is 174 Å². The number of ether oxygens (including phenoxy) is 2. The maximum absolute atomic E-state index is 13.4. The first-order valence-electron chi connectivity index (χ1n) is 10.2. The van der Waals surface area contributed by atoms with E-state index in [-0.39, 0.29) is 10.9 Å². The van der Waals surface area contributed by atoms with Crippen LogP contribution in [0.1, 0.15) is 55.8 Å². The SMILES string of the molecule is COc1ccc([C@@H](CC(C)C)NS(=O)(=O)c2cc3c(cc2OC)CCCC3)cc1. The average molecular weight is 418 g/mol. The summed E-state index contributed by atoms with van der Waals surface area (Å²) < 4.78 is 40.4. The van der Waals surface area contributed by atoms with Gasteiger partial charge in [-0.15, -0.1) is 0 Å². The summed E-state index contributed by atoms with van der Waals surface area (Å²) in [4.78, 5) is 0.225. The van der Waals surface area contributed by atoms with Gasteiger partial charge >= 0.3 is 0 Å². The minimum atomic E-state index is -3.75. The van der Waals surface area contributed by atoms with Crippen molar-refractivity contribution < 1.29 is 17.9 Å². The van der Waals surface area contributed by atoms with Crippen LogP contribution in [0.2, 0.25) is 0 Å². The fourth-order valence-electron chi connectivity index (χ4n) is 3.92. The number of hydrogen-bond acceptors (Lipinski definition) is 4. The molecule has 0 bridgehead atoms. The van der Waals surface area contributed by atoms with Crippen LogP contribution in [0.4, 0.5) is 0 Å². The van der Waals surface area contributed by atoms with Crippen LogP contribution in [0.25, 0.3) is 0 Å². The molecule has 0 radical (unpaired) electrons. The van der Waals surface area contributed by atoms with Gasteiger partial charge < -0.3 is 9.47 Å². The molecule has 3 rings (SSSR count).